The number of nitrogens with zero attached hydrogens (tertiary/aromatic N) is 2. The zero-order chi connectivity index (χ0) is 13.1. The Morgan fingerprint density at radius 3 is 2.39 bits per heavy atom. The average molecular weight is 303 g/mol. The first-order chi connectivity index (χ1) is 8.60. The molecule has 0 amide bonds. The molecule has 0 bridgehead atoms. The van der Waals surface area contributed by atoms with E-state index in [2.05, 4.69) is 20.9 Å². The highest BCUT2D eigenvalue weighted by Crippen LogP contribution is 2.28. The third kappa shape index (κ3) is 2.69. The summed E-state index contributed by atoms with van der Waals surface area (Å²) in [6, 6.07) is 9.27. The van der Waals surface area contributed by atoms with Crippen LogP contribution >= 0.6 is 15.9 Å². The Kier molecular flexibility index (Phi) is 3.63. The van der Waals surface area contributed by atoms with Crippen LogP contribution in [-0.4, -0.2) is 4.98 Å². The Bertz CT molecular complexity index is 592. The fraction of sp³-hybridized carbons (Fsp3) is 0.143. The van der Waals surface area contributed by atoms with Crippen molar-refractivity contribution in [2.24, 2.45) is 0 Å². The lowest BCUT2D eigenvalue weighted by molar-refractivity contribution is 0.462. The normalized spacial score (nSPS) is 9.89. The largest absolute Gasteiger partial charge is 0.439 e. The number of hydrogen-bond donors (Lipinski definition) is 0. The van der Waals surface area contributed by atoms with Crippen LogP contribution in [-0.2, 0) is 0 Å². The Hall–Kier alpha value is -1.86. The summed E-state index contributed by atoms with van der Waals surface area (Å²) in [4.78, 5) is 4.07. The van der Waals surface area contributed by atoms with Gasteiger partial charge in [0, 0.05) is 16.7 Å². The highest BCUT2D eigenvalue weighted by atomic mass is 79.9. The minimum Gasteiger partial charge on any atom is -0.439 e. The van der Waals surface area contributed by atoms with Gasteiger partial charge in [-0.05, 0) is 43.2 Å². The van der Waals surface area contributed by atoms with E-state index in [0.29, 0.717) is 11.4 Å². The van der Waals surface area contributed by atoms with Crippen molar-refractivity contribution in [1.82, 2.24) is 4.98 Å². The standard InChI is InChI=1S/C14H11BrN2O/c1-9-5-12(6-10(2)14(9)15)18-13-4-3-11(7-16)8-17-13/h3-6,8H,1-2H3. The molecule has 0 spiro atoms. The second-order valence-corrected chi connectivity index (χ2v) is 4.76. The van der Waals surface area contributed by atoms with Crippen LogP contribution in [0.15, 0.2) is 34.9 Å². The SMILES string of the molecule is Cc1cc(Oc2ccc(C#N)cn2)cc(C)c1Br. The minimum atomic E-state index is 0.482. The van der Waals surface area contributed by atoms with Crippen molar-refractivity contribution in [2.75, 3.05) is 0 Å². The quantitative estimate of drug-likeness (QED) is 0.838. The fourth-order valence-electron chi connectivity index (χ4n) is 1.59. The predicted octanol–water partition coefficient (Wildman–Crippen LogP) is 4.12. The zero-order valence-electron chi connectivity index (χ0n) is 10.1. The van der Waals surface area contributed by atoms with Crippen LogP contribution < -0.4 is 4.74 Å². The monoisotopic (exact) mass is 302 g/mol. The summed E-state index contributed by atoms with van der Waals surface area (Å²) in [5.74, 6) is 1.22. The summed E-state index contributed by atoms with van der Waals surface area (Å²) in [6.07, 6.45) is 1.49. The van der Waals surface area contributed by atoms with Crippen LogP contribution in [0.4, 0.5) is 0 Å². The molecule has 2 aromatic rings. The molecule has 0 unspecified atom stereocenters. The van der Waals surface area contributed by atoms with Gasteiger partial charge in [-0.25, -0.2) is 4.98 Å². The molecule has 0 saturated heterocycles. The zero-order valence-corrected chi connectivity index (χ0v) is 11.7. The molecular formula is C14H11BrN2O. The van der Waals surface area contributed by atoms with Crippen molar-refractivity contribution in [3.05, 3.63) is 51.6 Å². The van der Waals surface area contributed by atoms with Crippen molar-refractivity contribution < 1.29 is 4.74 Å². The number of benzene rings is 1. The molecule has 0 aliphatic rings. The molecule has 0 fully saturated rings. The van der Waals surface area contributed by atoms with E-state index < -0.39 is 0 Å². The lowest BCUT2D eigenvalue weighted by Gasteiger charge is -2.09. The maximum atomic E-state index is 8.69. The molecule has 1 aromatic carbocycles. The van der Waals surface area contributed by atoms with E-state index in [1.165, 1.54) is 6.20 Å². The number of nitriles is 1. The maximum absolute atomic E-state index is 8.69. The van der Waals surface area contributed by atoms with Gasteiger partial charge in [-0.2, -0.15) is 5.26 Å². The molecule has 4 heteroatoms. The Labute approximate surface area is 114 Å². The number of aromatic nitrogens is 1. The first-order valence-corrected chi connectivity index (χ1v) is 6.20. The van der Waals surface area contributed by atoms with Crippen LogP contribution in [0.1, 0.15) is 16.7 Å². The number of pyridine rings is 1. The highest BCUT2D eigenvalue weighted by Gasteiger charge is 2.05. The van der Waals surface area contributed by atoms with Crippen LogP contribution in [0.2, 0.25) is 0 Å². The van der Waals surface area contributed by atoms with E-state index in [-0.39, 0.29) is 0 Å². The van der Waals surface area contributed by atoms with E-state index in [9.17, 15) is 0 Å². The van der Waals surface area contributed by atoms with E-state index in [1.807, 2.05) is 32.0 Å². The Morgan fingerprint density at radius 1 is 1.22 bits per heavy atom. The third-order valence-electron chi connectivity index (χ3n) is 2.50. The number of ether oxygens (including phenoxy) is 1. The number of rotatable bonds is 2. The van der Waals surface area contributed by atoms with Crippen molar-refractivity contribution in [3.63, 3.8) is 0 Å². The maximum Gasteiger partial charge on any atom is 0.219 e. The van der Waals surface area contributed by atoms with Gasteiger partial charge < -0.3 is 4.74 Å². The van der Waals surface area contributed by atoms with Crippen LogP contribution in [0.3, 0.4) is 0 Å². The molecular weight excluding hydrogens is 292 g/mol. The molecule has 0 aliphatic carbocycles. The second-order valence-electron chi connectivity index (χ2n) is 3.97. The number of hydrogen-bond acceptors (Lipinski definition) is 3. The third-order valence-corrected chi connectivity index (χ3v) is 3.75. The van der Waals surface area contributed by atoms with Gasteiger partial charge in [0.2, 0.25) is 5.88 Å². The second kappa shape index (κ2) is 5.19. The first-order valence-electron chi connectivity index (χ1n) is 5.41. The van der Waals surface area contributed by atoms with Crippen molar-refractivity contribution >= 4 is 15.9 Å². The highest BCUT2D eigenvalue weighted by molar-refractivity contribution is 9.10. The fourth-order valence-corrected chi connectivity index (χ4v) is 1.82. The number of aryl methyl sites for hydroxylation is 2. The molecule has 0 atom stereocenters. The molecule has 3 nitrogen and oxygen atoms in total. The van der Waals surface area contributed by atoms with Crippen molar-refractivity contribution in [2.45, 2.75) is 13.8 Å². The first kappa shape index (κ1) is 12.6. The van der Waals surface area contributed by atoms with Gasteiger partial charge in [0.15, 0.2) is 0 Å². The number of halogens is 1. The minimum absolute atomic E-state index is 0.482. The molecule has 0 N–H and O–H groups in total. The van der Waals surface area contributed by atoms with Gasteiger partial charge >= 0.3 is 0 Å². The molecule has 1 heterocycles. The summed E-state index contributed by atoms with van der Waals surface area (Å²) in [7, 11) is 0. The molecule has 90 valence electrons. The van der Waals surface area contributed by atoms with Gasteiger partial charge in [-0.3, -0.25) is 0 Å². The van der Waals surface area contributed by atoms with E-state index in [1.54, 1.807) is 12.1 Å². The lowest BCUT2D eigenvalue weighted by Crippen LogP contribution is -1.91. The summed E-state index contributed by atoms with van der Waals surface area (Å²) < 4.78 is 6.74. The van der Waals surface area contributed by atoms with Gasteiger partial charge in [0.05, 0.1) is 5.56 Å². The van der Waals surface area contributed by atoms with E-state index in [4.69, 9.17) is 10.00 Å². The van der Waals surface area contributed by atoms with E-state index >= 15 is 0 Å². The molecule has 0 saturated carbocycles. The van der Waals surface area contributed by atoms with Gasteiger partial charge in [0.25, 0.3) is 0 Å². The van der Waals surface area contributed by atoms with Gasteiger partial charge in [-0.1, -0.05) is 15.9 Å². The summed E-state index contributed by atoms with van der Waals surface area (Å²) in [6.45, 7) is 4.02. The van der Waals surface area contributed by atoms with Gasteiger partial charge in [0.1, 0.15) is 11.8 Å². The van der Waals surface area contributed by atoms with Crippen LogP contribution in [0.5, 0.6) is 11.6 Å². The average Bonchev–Trinajstić information content (AvgIpc) is 2.37. The Balaban J connectivity index is 2.26. The summed E-state index contributed by atoms with van der Waals surface area (Å²) >= 11 is 3.51. The van der Waals surface area contributed by atoms with Gasteiger partial charge in [-0.15, -0.1) is 0 Å². The molecule has 18 heavy (non-hydrogen) atoms. The smallest absolute Gasteiger partial charge is 0.219 e. The van der Waals surface area contributed by atoms with Crippen LogP contribution in [0, 0.1) is 25.2 Å². The van der Waals surface area contributed by atoms with Crippen LogP contribution in [0.25, 0.3) is 0 Å². The summed E-state index contributed by atoms with van der Waals surface area (Å²) in [5.41, 5.74) is 2.74. The molecule has 0 radical (unpaired) electrons. The predicted molar refractivity (Wildman–Crippen MR) is 72.6 cm³/mol. The molecule has 0 aliphatic heterocycles. The lowest BCUT2D eigenvalue weighted by atomic mass is 10.1. The van der Waals surface area contributed by atoms with Crippen molar-refractivity contribution in [1.29, 1.82) is 5.26 Å². The summed E-state index contributed by atoms with van der Waals surface area (Å²) in [5, 5.41) is 8.69. The molecule has 1 aromatic heterocycles. The van der Waals surface area contributed by atoms with E-state index in [0.717, 1.165) is 21.3 Å². The molecule has 2 rings (SSSR count). The Morgan fingerprint density at radius 2 is 1.89 bits per heavy atom. The topological polar surface area (TPSA) is 45.9 Å². The van der Waals surface area contributed by atoms with Crippen molar-refractivity contribution in [3.8, 4) is 17.7 Å².